The molecule has 1 N–H and O–H groups in total. The van der Waals surface area contributed by atoms with Crippen molar-refractivity contribution in [3.8, 4) is 11.1 Å². The highest BCUT2D eigenvalue weighted by Gasteiger charge is 2.18. The van der Waals surface area contributed by atoms with Crippen LogP contribution in [0.2, 0.25) is 0 Å². The van der Waals surface area contributed by atoms with Crippen molar-refractivity contribution in [2.24, 2.45) is 0 Å². The van der Waals surface area contributed by atoms with Crippen LogP contribution in [0.5, 0.6) is 0 Å². The normalized spacial score (nSPS) is 12.1. The molecule has 5 nitrogen and oxygen atoms in total. The number of aromatic nitrogens is 2. The van der Waals surface area contributed by atoms with Gasteiger partial charge in [-0.2, -0.15) is 0 Å². The van der Waals surface area contributed by atoms with Gasteiger partial charge in [0, 0.05) is 17.0 Å². The van der Waals surface area contributed by atoms with E-state index in [2.05, 4.69) is 17.2 Å². The monoisotopic (exact) mass is 417 g/mol. The molecule has 0 spiro atoms. The van der Waals surface area contributed by atoms with Crippen LogP contribution in [0, 0.1) is 6.92 Å². The van der Waals surface area contributed by atoms with Gasteiger partial charge in [-0.25, -0.2) is 4.98 Å². The zero-order chi connectivity index (χ0) is 21.1. The number of hydrogen-bond acceptors (Lipinski definition) is 4. The summed E-state index contributed by atoms with van der Waals surface area (Å²) in [5.41, 5.74) is 2.87. The Morgan fingerprint density at radius 2 is 1.77 bits per heavy atom. The Morgan fingerprint density at radius 1 is 1.10 bits per heavy atom. The molecule has 6 heteroatoms. The molecule has 1 amide bonds. The maximum Gasteiger partial charge on any atom is 0.263 e. The van der Waals surface area contributed by atoms with E-state index in [1.165, 1.54) is 27.8 Å². The third-order valence-electron chi connectivity index (χ3n) is 5.21. The highest BCUT2D eigenvalue weighted by molar-refractivity contribution is 7.19. The quantitative estimate of drug-likeness (QED) is 0.507. The van der Waals surface area contributed by atoms with Crippen LogP contribution in [0.3, 0.4) is 0 Å². The van der Waals surface area contributed by atoms with Crippen molar-refractivity contribution >= 4 is 27.5 Å². The van der Waals surface area contributed by atoms with Gasteiger partial charge in [0.2, 0.25) is 5.91 Å². The lowest BCUT2D eigenvalue weighted by Gasteiger charge is -2.13. The molecule has 0 saturated heterocycles. The standard InChI is InChI=1S/C24H23N3O2S/c1-16(18-9-5-3-6-10-18)13-25-20(28)14-27-15-26-23-22(24(27)29)21(17(2)30-23)19-11-7-4-8-12-19/h3-12,15-16H,13-14H2,1-2H3,(H,25,28)/t16-/m0/s1. The number of fused-ring (bicyclic) bond motifs is 1. The maximum absolute atomic E-state index is 13.2. The van der Waals surface area contributed by atoms with Gasteiger partial charge in [-0.15, -0.1) is 11.3 Å². The van der Waals surface area contributed by atoms with Gasteiger partial charge < -0.3 is 5.32 Å². The molecule has 2 aromatic carbocycles. The van der Waals surface area contributed by atoms with Crippen LogP contribution < -0.4 is 10.9 Å². The fourth-order valence-electron chi connectivity index (χ4n) is 3.58. The van der Waals surface area contributed by atoms with Crippen molar-refractivity contribution in [2.75, 3.05) is 6.54 Å². The van der Waals surface area contributed by atoms with Gasteiger partial charge in [0.05, 0.1) is 11.7 Å². The van der Waals surface area contributed by atoms with E-state index in [1.54, 1.807) is 0 Å². The zero-order valence-electron chi connectivity index (χ0n) is 17.0. The molecule has 0 radical (unpaired) electrons. The van der Waals surface area contributed by atoms with Crippen LogP contribution in [0.4, 0.5) is 0 Å². The second-order valence-corrected chi connectivity index (χ2v) is 8.58. The SMILES string of the molecule is Cc1sc2ncn(CC(=O)NC[C@H](C)c3ccccc3)c(=O)c2c1-c1ccccc1. The first-order valence-electron chi connectivity index (χ1n) is 9.90. The van der Waals surface area contributed by atoms with Gasteiger partial charge >= 0.3 is 0 Å². The highest BCUT2D eigenvalue weighted by atomic mass is 32.1. The van der Waals surface area contributed by atoms with Crippen molar-refractivity contribution in [2.45, 2.75) is 26.3 Å². The molecular formula is C24H23N3O2S. The van der Waals surface area contributed by atoms with E-state index in [9.17, 15) is 9.59 Å². The third kappa shape index (κ3) is 4.04. The second kappa shape index (κ2) is 8.63. The van der Waals surface area contributed by atoms with E-state index in [0.29, 0.717) is 16.8 Å². The molecule has 4 aromatic rings. The molecule has 0 aliphatic carbocycles. The average molecular weight is 418 g/mol. The fraction of sp³-hybridized carbons (Fsp3) is 0.208. The van der Waals surface area contributed by atoms with Crippen molar-refractivity contribution in [1.29, 1.82) is 0 Å². The number of aryl methyl sites for hydroxylation is 1. The Bertz CT molecular complexity index is 1230. The topological polar surface area (TPSA) is 64.0 Å². The molecule has 4 rings (SSSR count). The first-order valence-corrected chi connectivity index (χ1v) is 10.7. The molecular weight excluding hydrogens is 394 g/mol. The first kappa shape index (κ1) is 20.0. The van der Waals surface area contributed by atoms with Gasteiger partial charge in [0.1, 0.15) is 11.4 Å². The van der Waals surface area contributed by atoms with Crippen molar-refractivity contribution in [1.82, 2.24) is 14.9 Å². The number of benzene rings is 2. The fourth-order valence-corrected chi connectivity index (χ4v) is 4.58. The van der Waals surface area contributed by atoms with E-state index in [0.717, 1.165) is 16.0 Å². The number of carbonyl (C=O) groups excluding carboxylic acids is 1. The van der Waals surface area contributed by atoms with Crippen LogP contribution >= 0.6 is 11.3 Å². The van der Waals surface area contributed by atoms with Gasteiger partial charge in [-0.05, 0) is 24.0 Å². The molecule has 0 unspecified atom stereocenters. The molecule has 0 bridgehead atoms. The van der Waals surface area contributed by atoms with Gasteiger partial charge in [-0.1, -0.05) is 67.6 Å². The molecule has 1 atom stereocenters. The molecule has 2 heterocycles. The summed E-state index contributed by atoms with van der Waals surface area (Å²) >= 11 is 1.50. The molecule has 30 heavy (non-hydrogen) atoms. The average Bonchev–Trinajstić information content (AvgIpc) is 3.12. The number of rotatable bonds is 6. The maximum atomic E-state index is 13.2. The lowest BCUT2D eigenvalue weighted by molar-refractivity contribution is -0.121. The van der Waals surface area contributed by atoms with E-state index in [-0.39, 0.29) is 23.9 Å². The summed E-state index contributed by atoms with van der Waals surface area (Å²) < 4.78 is 1.39. The highest BCUT2D eigenvalue weighted by Crippen LogP contribution is 2.35. The Morgan fingerprint density at radius 3 is 2.47 bits per heavy atom. The van der Waals surface area contributed by atoms with Gasteiger partial charge in [0.15, 0.2) is 0 Å². The largest absolute Gasteiger partial charge is 0.354 e. The van der Waals surface area contributed by atoms with E-state index < -0.39 is 0 Å². The number of amides is 1. The van der Waals surface area contributed by atoms with Crippen molar-refractivity contribution in [3.63, 3.8) is 0 Å². The number of thiophene rings is 1. The second-order valence-electron chi connectivity index (χ2n) is 7.37. The summed E-state index contributed by atoms with van der Waals surface area (Å²) in [6.45, 7) is 4.53. The first-order chi connectivity index (χ1) is 14.5. The minimum atomic E-state index is -0.200. The molecule has 152 valence electrons. The minimum Gasteiger partial charge on any atom is -0.354 e. The Hall–Kier alpha value is -3.25. The molecule has 0 fully saturated rings. The molecule has 0 aliphatic heterocycles. The smallest absolute Gasteiger partial charge is 0.263 e. The minimum absolute atomic E-state index is 0.0492. The molecule has 2 aromatic heterocycles. The number of carbonyl (C=O) groups is 1. The van der Waals surface area contributed by atoms with E-state index in [1.807, 2.05) is 67.6 Å². The van der Waals surface area contributed by atoms with Crippen LogP contribution in [0.25, 0.3) is 21.3 Å². The Labute approximate surface area is 179 Å². The number of nitrogens with zero attached hydrogens (tertiary/aromatic N) is 2. The van der Waals surface area contributed by atoms with Crippen LogP contribution in [-0.4, -0.2) is 22.0 Å². The lowest BCUT2D eigenvalue weighted by Crippen LogP contribution is -2.34. The summed E-state index contributed by atoms with van der Waals surface area (Å²) in [4.78, 5) is 31.9. The zero-order valence-corrected chi connectivity index (χ0v) is 17.8. The Kier molecular flexibility index (Phi) is 5.77. The number of nitrogens with one attached hydrogen (secondary N) is 1. The molecule has 0 saturated carbocycles. The predicted octanol–water partition coefficient (Wildman–Crippen LogP) is 4.35. The van der Waals surface area contributed by atoms with Gasteiger partial charge in [-0.3, -0.25) is 14.2 Å². The Balaban J connectivity index is 1.56. The summed E-state index contributed by atoms with van der Waals surface area (Å²) in [6.07, 6.45) is 1.47. The van der Waals surface area contributed by atoms with Gasteiger partial charge in [0.25, 0.3) is 5.56 Å². The summed E-state index contributed by atoms with van der Waals surface area (Å²) in [5.74, 6) is -0.00840. The van der Waals surface area contributed by atoms with Crippen molar-refractivity contribution in [3.05, 3.63) is 87.8 Å². The predicted molar refractivity (Wildman–Crippen MR) is 122 cm³/mol. The summed E-state index contributed by atoms with van der Waals surface area (Å²) in [5, 5.41) is 3.51. The van der Waals surface area contributed by atoms with E-state index in [4.69, 9.17) is 0 Å². The van der Waals surface area contributed by atoms with E-state index >= 15 is 0 Å². The van der Waals surface area contributed by atoms with Crippen LogP contribution in [0.1, 0.15) is 23.3 Å². The van der Waals surface area contributed by atoms with Crippen LogP contribution in [-0.2, 0) is 11.3 Å². The lowest BCUT2D eigenvalue weighted by atomic mass is 10.0. The molecule has 0 aliphatic rings. The summed E-state index contributed by atoms with van der Waals surface area (Å²) in [7, 11) is 0. The third-order valence-corrected chi connectivity index (χ3v) is 6.22. The van der Waals surface area contributed by atoms with Crippen molar-refractivity contribution < 1.29 is 4.79 Å². The van der Waals surface area contributed by atoms with Crippen LogP contribution in [0.15, 0.2) is 71.8 Å². The number of hydrogen-bond donors (Lipinski definition) is 1. The summed E-state index contributed by atoms with van der Waals surface area (Å²) in [6, 6.07) is 19.9.